The predicted octanol–water partition coefficient (Wildman–Crippen LogP) is 4.15. The van der Waals surface area contributed by atoms with E-state index in [4.69, 9.17) is 0 Å². The zero-order chi connectivity index (χ0) is 18.8. The van der Waals surface area contributed by atoms with Gasteiger partial charge in [-0.25, -0.2) is 4.39 Å². The van der Waals surface area contributed by atoms with E-state index in [-0.39, 0.29) is 30.2 Å². The second-order valence-electron chi connectivity index (χ2n) is 7.30. The van der Waals surface area contributed by atoms with E-state index in [9.17, 15) is 14.0 Å². The van der Waals surface area contributed by atoms with Gasteiger partial charge >= 0.3 is 0 Å². The Bertz CT molecular complexity index is 846. The molecule has 2 fully saturated rings. The van der Waals surface area contributed by atoms with E-state index in [1.807, 2.05) is 12.1 Å². The van der Waals surface area contributed by atoms with Crippen LogP contribution in [-0.4, -0.2) is 29.3 Å². The number of nitrogens with zero attached hydrogens (tertiary/aromatic N) is 2. The van der Waals surface area contributed by atoms with Gasteiger partial charge in [-0.1, -0.05) is 18.2 Å². The largest absolute Gasteiger partial charge is 0.331 e. The minimum Gasteiger partial charge on any atom is -0.331 e. The number of rotatable bonds is 5. The van der Waals surface area contributed by atoms with Gasteiger partial charge in [-0.05, 0) is 56.0 Å². The molecule has 4 rings (SSSR count). The van der Waals surface area contributed by atoms with Gasteiger partial charge in [-0.2, -0.15) is 0 Å². The molecular weight excluding hydrogens is 343 g/mol. The first-order valence-corrected chi connectivity index (χ1v) is 9.58. The summed E-state index contributed by atoms with van der Waals surface area (Å²) in [5, 5.41) is 0. The molecular formula is C22H23FN2O2. The Morgan fingerprint density at radius 3 is 2.48 bits per heavy atom. The van der Waals surface area contributed by atoms with Crippen molar-refractivity contribution in [3.63, 3.8) is 0 Å². The van der Waals surface area contributed by atoms with E-state index in [2.05, 4.69) is 0 Å². The van der Waals surface area contributed by atoms with Gasteiger partial charge in [0.25, 0.3) is 5.91 Å². The summed E-state index contributed by atoms with van der Waals surface area (Å²) in [6.45, 7) is 1.01. The molecule has 4 nitrogen and oxygen atoms in total. The highest BCUT2D eigenvalue weighted by Crippen LogP contribution is 2.31. The molecule has 5 heteroatoms. The Kier molecular flexibility index (Phi) is 4.92. The molecule has 0 radical (unpaired) electrons. The van der Waals surface area contributed by atoms with Crippen LogP contribution in [0.25, 0.3) is 0 Å². The lowest BCUT2D eigenvalue weighted by Gasteiger charge is -2.27. The van der Waals surface area contributed by atoms with Crippen molar-refractivity contribution in [1.29, 1.82) is 0 Å². The lowest BCUT2D eigenvalue weighted by molar-refractivity contribution is -0.119. The van der Waals surface area contributed by atoms with Crippen molar-refractivity contribution in [3.05, 3.63) is 65.5 Å². The number of hydrogen-bond donors (Lipinski definition) is 0. The normalized spacial score (nSPS) is 17.1. The molecule has 27 heavy (non-hydrogen) atoms. The van der Waals surface area contributed by atoms with Gasteiger partial charge in [0, 0.05) is 42.4 Å². The molecule has 0 aromatic heterocycles. The van der Waals surface area contributed by atoms with Crippen molar-refractivity contribution in [2.45, 2.75) is 44.7 Å². The number of carbonyl (C=O) groups is 2. The molecule has 0 atom stereocenters. The van der Waals surface area contributed by atoms with Crippen LogP contribution < -0.4 is 4.90 Å². The number of piperidine rings is 1. The van der Waals surface area contributed by atoms with Crippen molar-refractivity contribution in [2.24, 2.45) is 0 Å². The third-order valence-corrected chi connectivity index (χ3v) is 5.30. The number of halogens is 1. The molecule has 2 aromatic carbocycles. The Morgan fingerprint density at radius 2 is 1.81 bits per heavy atom. The molecule has 1 saturated heterocycles. The maximum absolute atomic E-state index is 14.0. The number of hydrogen-bond acceptors (Lipinski definition) is 2. The summed E-state index contributed by atoms with van der Waals surface area (Å²) in [4.78, 5) is 28.6. The molecule has 2 aliphatic rings. The molecule has 1 aliphatic carbocycles. The molecule has 0 spiro atoms. The molecule has 1 aliphatic heterocycles. The third kappa shape index (κ3) is 3.87. The molecule has 1 saturated carbocycles. The highest BCUT2D eigenvalue weighted by Gasteiger charge is 2.33. The number of anilines is 1. The second kappa shape index (κ2) is 7.51. The van der Waals surface area contributed by atoms with Gasteiger partial charge in [-0.3, -0.25) is 9.59 Å². The van der Waals surface area contributed by atoms with Crippen molar-refractivity contribution >= 4 is 17.5 Å². The number of benzene rings is 2. The topological polar surface area (TPSA) is 40.6 Å². The lowest BCUT2D eigenvalue weighted by Crippen LogP contribution is -2.35. The van der Waals surface area contributed by atoms with Crippen LogP contribution in [0.15, 0.2) is 48.5 Å². The quantitative estimate of drug-likeness (QED) is 0.798. The summed E-state index contributed by atoms with van der Waals surface area (Å²) in [6, 6.07) is 14.0. The van der Waals surface area contributed by atoms with Crippen LogP contribution in [0.3, 0.4) is 0 Å². The van der Waals surface area contributed by atoms with Crippen LogP contribution in [0, 0.1) is 5.82 Å². The van der Waals surface area contributed by atoms with Crippen LogP contribution in [0.1, 0.15) is 48.0 Å². The van der Waals surface area contributed by atoms with Crippen molar-refractivity contribution in [2.75, 3.05) is 11.4 Å². The third-order valence-electron chi connectivity index (χ3n) is 5.30. The van der Waals surface area contributed by atoms with Crippen LogP contribution >= 0.6 is 0 Å². The predicted molar refractivity (Wildman–Crippen MR) is 102 cm³/mol. The molecule has 0 N–H and O–H groups in total. The summed E-state index contributed by atoms with van der Waals surface area (Å²) in [7, 11) is 0. The minimum absolute atomic E-state index is 0.0859. The van der Waals surface area contributed by atoms with Gasteiger partial charge in [0.1, 0.15) is 5.82 Å². The average molecular weight is 366 g/mol. The Morgan fingerprint density at radius 1 is 1.07 bits per heavy atom. The first-order valence-electron chi connectivity index (χ1n) is 9.58. The van der Waals surface area contributed by atoms with Gasteiger partial charge in [0.15, 0.2) is 0 Å². The van der Waals surface area contributed by atoms with E-state index < -0.39 is 0 Å². The van der Waals surface area contributed by atoms with E-state index >= 15 is 0 Å². The van der Waals surface area contributed by atoms with Crippen molar-refractivity contribution in [3.8, 4) is 0 Å². The fourth-order valence-electron chi connectivity index (χ4n) is 3.59. The van der Waals surface area contributed by atoms with E-state index in [1.54, 1.807) is 40.1 Å². The monoisotopic (exact) mass is 366 g/mol. The minimum atomic E-state index is -0.282. The molecule has 0 bridgehead atoms. The summed E-state index contributed by atoms with van der Waals surface area (Å²) >= 11 is 0. The molecule has 140 valence electrons. The van der Waals surface area contributed by atoms with Gasteiger partial charge in [-0.15, -0.1) is 0 Å². The summed E-state index contributed by atoms with van der Waals surface area (Å²) in [5.41, 5.74) is 1.95. The highest BCUT2D eigenvalue weighted by molar-refractivity contribution is 5.97. The fourth-order valence-corrected chi connectivity index (χ4v) is 3.59. The number of amides is 2. The Balaban J connectivity index is 1.51. The Labute approximate surface area is 158 Å². The fraction of sp³-hybridized carbons (Fsp3) is 0.364. The van der Waals surface area contributed by atoms with Gasteiger partial charge < -0.3 is 9.80 Å². The zero-order valence-corrected chi connectivity index (χ0v) is 15.2. The van der Waals surface area contributed by atoms with Crippen LogP contribution in [0.4, 0.5) is 10.1 Å². The molecule has 1 heterocycles. The Hall–Kier alpha value is -2.69. The molecule has 0 unspecified atom stereocenters. The zero-order valence-electron chi connectivity index (χ0n) is 15.2. The van der Waals surface area contributed by atoms with E-state index in [0.29, 0.717) is 17.5 Å². The van der Waals surface area contributed by atoms with Crippen LogP contribution in [-0.2, 0) is 11.3 Å². The summed E-state index contributed by atoms with van der Waals surface area (Å²) in [5.74, 6) is -0.230. The van der Waals surface area contributed by atoms with Crippen molar-refractivity contribution in [1.82, 2.24) is 4.90 Å². The van der Waals surface area contributed by atoms with Gasteiger partial charge in [0.05, 0.1) is 0 Å². The van der Waals surface area contributed by atoms with Crippen molar-refractivity contribution < 1.29 is 14.0 Å². The average Bonchev–Trinajstić information content (AvgIpc) is 3.53. The maximum Gasteiger partial charge on any atom is 0.254 e. The van der Waals surface area contributed by atoms with E-state index in [0.717, 1.165) is 37.9 Å². The summed E-state index contributed by atoms with van der Waals surface area (Å²) < 4.78 is 14.0. The first kappa shape index (κ1) is 17.7. The molecule has 2 aromatic rings. The standard InChI is InChI=1S/C22H23FN2O2/c23-20-6-2-1-5-17(20)15-25(19-12-13-19)22(27)16-8-10-18(11-9-16)24-14-4-3-7-21(24)26/h1-2,5-6,8-11,19H,3-4,7,12-15H2. The van der Waals surface area contributed by atoms with Gasteiger partial charge in [0.2, 0.25) is 5.91 Å². The number of carbonyl (C=O) groups excluding carboxylic acids is 2. The molecule has 2 amide bonds. The van der Waals surface area contributed by atoms with Crippen LogP contribution in [0.2, 0.25) is 0 Å². The van der Waals surface area contributed by atoms with Crippen LogP contribution in [0.5, 0.6) is 0 Å². The highest BCUT2D eigenvalue weighted by atomic mass is 19.1. The maximum atomic E-state index is 14.0. The van der Waals surface area contributed by atoms with E-state index in [1.165, 1.54) is 6.07 Å². The lowest BCUT2D eigenvalue weighted by atomic mass is 10.1. The second-order valence-corrected chi connectivity index (χ2v) is 7.30. The smallest absolute Gasteiger partial charge is 0.254 e. The SMILES string of the molecule is O=C1CCCCN1c1ccc(C(=O)N(Cc2ccccc2F)C2CC2)cc1. The first-order chi connectivity index (χ1) is 13.1. The summed E-state index contributed by atoms with van der Waals surface area (Å²) in [6.07, 6.45) is 4.45.